The van der Waals surface area contributed by atoms with Crippen molar-refractivity contribution in [2.45, 2.75) is 13.8 Å². The lowest BCUT2D eigenvalue weighted by Gasteiger charge is -2.11. The lowest BCUT2D eigenvalue weighted by molar-refractivity contribution is 0.413. The summed E-state index contributed by atoms with van der Waals surface area (Å²) < 4.78 is 5.34. The lowest BCUT2D eigenvalue weighted by atomic mass is 9.99. The molecule has 1 aromatic rings. The first-order valence-electron chi connectivity index (χ1n) is 5.93. The Balaban J connectivity index is 3.30. The van der Waals surface area contributed by atoms with Gasteiger partial charge in [0.25, 0.3) is 0 Å². The topological polar surface area (TPSA) is 9.23 Å². The summed E-state index contributed by atoms with van der Waals surface area (Å²) in [5.41, 5.74) is 4.21. The zero-order valence-corrected chi connectivity index (χ0v) is 11.4. The average molecular weight is 240 g/mol. The summed E-state index contributed by atoms with van der Waals surface area (Å²) in [6.45, 7) is 11.8. The van der Waals surface area contributed by atoms with Gasteiger partial charge in [-0.15, -0.1) is 0 Å². The van der Waals surface area contributed by atoms with E-state index in [9.17, 15) is 0 Å². The van der Waals surface area contributed by atoms with Gasteiger partial charge in [-0.3, -0.25) is 0 Å². The molecular weight excluding hydrogens is 220 g/mol. The molecule has 0 fully saturated rings. The number of hydrogen-bond acceptors (Lipinski definition) is 1. The zero-order valence-electron chi connectivity index (χ0n) is 11.4. The Morgan fingerprint density at radius 1 is 1.33 bits per heavy atom. The predicted octanol–water partition coefficient (Wildman–Crippen LogP) is 4.87. The van der Waals surface area contributed by atoms with Gasteiger partial charge in [-0.05, 0) is 42.7 Å². The number of rotatable bonds is 5. The maximum Gasteiger partial charge on any atom is 0.126 e. The Morgan fingerprint density at radius 2 is 2.06 bits per heavy atom. The molecule has 0 radical (unpaired) electrons. The molecule has 0 saturated carbocycles. The van der Waals surface area contributed by atoms with Crippen LogP contribution in [0.15, 0.2) is 55.7 Å². The third-order valence-corrected chi connectivity index (χ3v) is 2.68. The van der Waals surface area contributed by atoms with E-state index in [1.165, 1.54) is 0 Å². The van der Waals surface area contributed by atoms with Gasteiger partial charge in [0, 0.05) is 5.56 Å². The first kappa shape index (κ1) is 14.0. The molecular formula is C17H20O. The molecule has 0 aliphatic rings. The van der Waals surface area contributed by atoms with Gasteiger partial charge < -0.3 is 4.74 Å². The molecule has 1 aromatic carbocycles. The standard InChI is InChI=1S/C17H20O/c1-6-8-9-14(7-2)15-10-11-17(18-5)16(12-15)13(3)4/h6-12H,2-3H2,1,4-5H3/b8-6-,14-9+. The highest BCUT2D eigenvalue weighted by molar-refractivity contribution is 5.79. The monoisotopic (exact) mass is 240 g/mol. The Morgan fingerprint density at radius 3 is 2.56 bits per heavy atom. The summed E-state index contributed by atoms with van der Waals surface area (Å²) in [5, 5.41) is 0. The van der Waals surface area contributed by atoms with Crippen molar-refractivity contribution >= 4 is 11.1 Å². The number of methoxy groups -OCH3 is 1. The molecule has 0 aliphatic carbocycles. The minimum absolute atomic E-state index is 0.848. The third kappa shape index (κ3) is 3.24. The second-order valence-corrected chi connectivity index (χ2v) is 4.05. The van der Waals surface area contributed by atoms with Crippen molar-refractivity contribution in [1.82, 2.24) is 0 Å². The van der Waals surface area contributed by atoms with E-state index in [-0.39, 0.29) is 0 Å². The van der Waals surface area contributed by atoms with Crippen molar-refractivity contribution < 1.29 is 4.74 Å². The Hall–Kier alpha value is -2.02. The molecule has 0 atom stereocenters. The Bertz CT molecular complexity index is 504. The van der Waals surface area contributed by atoms with Crippen molar-refractivity contribution in [1.29, 1.82) is 0 Å². The first-order chi connectivity index (χ1) is 8.63. The van der Waals surface area contributed by atoms with Crippen LogP contribution in [0.2, 0.25) is 0 Å². The second-order valence-electron chi connectivity index (χ2n) is 4.05. The summed E-state index contributed by atoms with van der Waals surface area (Å²) >= 11 is 0. The van der Waals surface area contributed by atoms with Gasteiger partial charge in [-0.1, -0.05) is 43.5 Å². The van der Waals surface area contributed by atoms with Crippen molar-refractivity contribution in [2.24, 2.45) is 0 Å². The maximum atomic E-state index is 5.34. The van der Waals surface area contributed by atoms with Crippen LogP contribution in [0.4, 0.5) is 0 Å². The van der Waals surface area contributed by atoms with E-state index in [1.54, 1.807) is 7.11 Å². The molecule has 0 saturated heterocycles. The summed E-state index contributed by atoms with van der Waals surface area (Å²) in [7, 11) is 1.67. The number of benzene rings is 1. The molecule has 0 aromatic heterocycles. The molecule has 0 heterocycles. The molecule has 0 N–H and O–H groups in total. The minimum atomic E-state index is 0.848. The number of ether oxygens (including phenoxy) is 1. The van der Waals surface area contributed by atoms with Gasteiger partial charge in [-0.2, -0.15) is 0 Å². The predicted molar refractivity (Wildman–Crippen MR) is 80.7 cm³/mol. The van der Waals surface area contributed by atoms with Crippen molar-refractivity contribution in [2.75, 3.05) is 7.11 Å². The van der Waals surface area contributed by atoms with Gasteiger partial charge in [0.1, 0.15) is 5.75 Å². The van der Waals surface area contributed by atoms with Crippen molar-refractivity contribution in [3.8, 4) is 5.75 Å². The van der Waals surface area contributed by atoms with E-state index < -0.39 is 0 Å². The van der Waals surface area contributed by atoms with E-state index in [1.807, 2.05) is 50.3 Å². The summed E-state index contributed by atoms with van der Waals surface area (Å²) in [4.78, 5) is 0. The van der Waals surface area contributed by atoms with E-state index in [2.05, 4.69) is 19.2 Å². The molecule has 18 heavy (non-hydrogen) atoms. The largest absolute Gasteiger partial charge is 0.496 e. The molecule has 0 bridgehead atoms. The van der Waals surface area contributed by atoms with Gasteiger partial charge in [-0.25, -0.2) is 0 Å². The highest BCUT2D eigenvalue weighted by Crippen LogP contribution is 2.28. The average Bonchev–Trinajstić information content (AvgIpc) is 2.39. The van der Waals surface area contributed by atoms with Crippen LogP contribution in [0, 0.1) is 0 Å². The fraction of sp³-hybridized carbons (Fsp3) is 0.176. The van der Waals surface area contributed by atoms with Crippen LogP contribution in [-0.4, -0.2) is 7.11 Å². The molecule has 0 aliphatic heterocycles. The highest BCUT2D eigenvalue weighted by atomic mass is 16.5. The normalized spacial score (nSPS) is 11.6. The second kappa shape index (κ2) is 6.65. The van der Waals surface area contributed by atoms with Crippen LogP contribution in [0.1, 0.15) is 25.0 Å². The Kier molecular flexibility index (Phi) is 5.19. The molecule has 1 heteroatoms. The van der Waals surface area contributed by atoms with Crippen LogP contribution < -0.4 is 4.74 Å². The van der Waals surface area contributed by atoms with Gasteiger partial charge in [0.15, 0.2) is 0 Å². The number of hydrogen-bond donors (Lipinski definition) is 0. The van der Waals surface area contributed by atoms with Crippen LogP contribution in [0.3, 0.4) is 0 Å². The van der Waals surface area contributed by atoms with E-state index in [0.29, 0.717) is 0 Å². The van der Waals surface area contributed by atoms with Gasteiger partial charge in [0.05, 0.1) is 7.11 Å². The lowest BCUT2D eigenvalue weighted by Crippen LogP contribution is -1.91. The van der Waals surface area contributed by atoms with Gasteiger partial charge in [0.2, 0.25) is 0 Å². The summed E-state index contributed by atoms with van der Waals surface area (Å²) in [5.74, 6) is 0.848. The maximum absolute atomic E-state index is 5.34. The molecule has 94 valence electrons. The minimum Gasteiger partial charge on any atom is -0.496 e. The molecule has 1 nitrogen and oxygen atoms in total. The van der Waals surface area contributed by atoms with Crippen molar-refractivity contribution in [3.05, 3.63) is 66.8 Å². The molecule has 0 unspecified atom stereocenters. The van der Waals surface area contributed by atoms with Crippen LogP contribution >= 0.6 is 0 Å². The summed E-state index contributed by atoms with van der Waals surface area (Å²) in [6.07, 6.45) is 7.88. The Labute approximate surface area is 110 Å². The zero-order chi connectivity index (χ0) is 13.5. The van der Waals surface area contributed by atoms with E-state index >= 15 is 0 Å². The van der Waals surface area contributed by atoms with Crippen LogP contribution in [0.5, 0.6) is 5.75 Å². The molecule has 0 spiro atoms. The molecule has 0 amide bonds. The SMILES string of the molecule is C=C/C(=C\C=C/C)c1ccc(OC)c(C(=C)C)c1. The quantitative estimate of drug-likeness (QED) is 0.667. The fourth-order valence-corrected chi connectivity index (χ4v) is 1.70. The smallest absolute Gasteiger partial charge is 0.126 e. The van der Waals surface area contributed by atoms with Crippen LogP contribution in [-0.2, 0) is 0 Å². The van der Waals surface area contributed by atoms with Crippen LogP contribution in [0.25, 0.3) is 11.1 Å². The summed E-state index contributed by atoms with van der Waals surface area (Å²) in [6, 6.07) is 6.08. The fourth-order valence-electron chi connectivity index (χ4n) is 1.70. The van der Waals surface area contributed by atoms with E-state index in [0.717, 1.165) is 28.0 Å². The number of allylic oxidation sites excluding steroid dienone is 6. The van der Waals surface area contributed by atoms with Crippen molar-refractivity contribution in [3.63, 3.8) is 0 Å². The highest BCUT2D eigenvalue weighted by Gasteiger charge is 2.06. The third-order valence-electron chi connectivity index (χ3n) is 2.68. The van der Waals surface area contributed by atoms with E-state index in [4.69, 9.17) is 4.74 Å². The molecule has 1 rings (SSSR count). The first-order valence-corrected chi connectivity index (χ1v) is 5.93. The van der Waals surface area contributed by atoms with Gasteiger partial charge >= 0.3 is 0 Å².